The minimum Gasteiger partial charge on any atom is -0.0707 e. The molecule has 0 aliphatic heterocycles. The predicted molar refractivity (Wildman–Crippen MR) is 39.3 cm³/mol. The summed E-state index contributed by atoms with van der Waals surface area (Å²) < 4.78 is 0. The first-order valence-corrected chi connectivity index (χ1v) is 4.12. The van der Waals surface area contributed by atoms with Gasteiger partial charge in [0.2, 0.25) is 0 Å². The molecule has 0 saturated carbocycles. The fraction of sp³-hybridized carbons (Fsp3) is 0.778. The first-order valence-electron chi connectivity index (χ1n) is 4.12. The molecule has 0 aromatic carbocycles. The maximum absolute atomic E-state index is 2.30. The molecule has 0 aromatic rings. The zero-order chi connectivity index (χ0) is 6.27. The molecule has 0 amide bonds. The maximum Gasteiger partial charge on any atom is -0.0195 e. The van der Waals surface area contributed by atoms with Gasteiger partial charge in [-0.3, -0.25) is 0 Å². The number of hydrogen-bond acceptors (Lipinski definition) is 0. The van der Waals surface area contributed by atoms with Crippen molar-refractivity contribution in [3.05, 3.63) is 11.1 Å². The average Bonchev–Trinajstić information content (AvgIpc) is 2.44. The Morgan fingerprint density at radius 3 is 2.22 bits per heavy atom. The van der Waals surface area contributed by atoms with Gasteiger partial charge in [0.05, 0.1) is 0 Å². The van der Waals surface area contributed by atoms with Crippen molar-refractivity contribution in [3.63, 3.8) is 0 Å². The van der Waals surface area contributed by atoms with E-state index in [2.05, 4.69) is 6.92 Å². The molecule has 0 atom stereocenters. The minimum absolute atomic E-state index is 1.03. The van der Waals surface area contributed by atoms with Gasteiger partial charge in [-0.25, -0.2) is 0 Å². The molecule has 0 fully saturated rings. The molecule has 2 bridgehead atoms. The highest BCUT2D eigenvalue weighted by Crippen LogP contribution is 2.45. The molecule has 2 aliphatic carbocycles. The summed E-state index contributed by atoms with van der Waals surface area (Å²) in [5.41, 5.74) is 3.65. The van der Waals surface area contributed by atoms with Crippen molar-refractivity contribution < 1.29 is 0 Å². The van der Waals surface area contributed by atoms with Crippen LogP contribution in [0.25, 0.3) is 0 Å². The van der Waals surface area contributed by atoms with Gasteiger partial charge >= 0.3 is 0 Å². The predicted octanol–water partition coefficient (Wildman–Crippen LogP) is 2.90. The van der Waals surface area contributed by atoms with E-state index in [1.54, 1.807) is 0 Å². The smallest absolute Gasteiger partial charge is 0.0195 e. The number of fused-ring (bicyclic) bond motifs is 1. The van der Waals surface area contributed by atoms with Crippen LogP contribution in [0.15, 0.2) is 11.1 Å². The van der Waals surface area contributed by atoms with Crippen LogP contribution in [-0.4, -0.2) is 0 Å². The number of hydrogen-bond donors (Lipinski definition) is 0. The molecule has 0 nitrogen and oxygen atoms in total. The highest BCUT2D eigenvalue weighted by Gasteiger charge is 2.29. The van der Waals surface area contributed by atoms with Crippen molar-refractivity contribution in [2.24, 2.45) is 5.92 Å². The molecule has 0 spiro atoms. The van der Waals surface area contributed by atoms with Crippen LogP contribution in [0.4, 0.5) is 0 Å². The van der Waals surface area contributed by atoms with E-state index >= 15 is 0 Å². The quantitative estimate of drug-likeness (QED) is 0.469. The van der Waals surface area contributed by atoms with Crippen molar-refractivity contribution in [1.29, 1.82) is 0 Å². The van der Waals surface area contributed by atoms with Crippen LogP contribution in [0.1, 0.15) is 39.0 Å². The molecule has 0 saturated heterocycles. The molecule has 9 heavy (non-hydrogen) atoms. The van der Waals surface area contributed by atoms with Gasteiger partial charge in [0.1, 0.15) is 0 Å². The van der Waals surface area contributed by atoms with Crippen LogP contribution in [0.2, 0.25) is 0 Å². The summed E-state index contributed by atoms with van der Waals surface area (Å²) >= 11 is 0. The molecule has 0 N–H and O–H groups in total. The normalized spacial score (nSPS) is 26.3. The minimum atomic E-state index is 1.03. The summed E-state index contributed by atoms with van der Waals surface area (Å²) in [6, 6.07) is 0. The van der Waals surface area contributed by atoms with Crippen LogP contribution < -0.4 is 0 Å². The molecule has 50 valence electrons. The van der Waals surface area contributed by atoms with Gasteiger partial charge in [-0.05, 0) is 38.0 Å². The standard InChI is InChI=1S/C9H14/c1-2-9-7-3-4-8(9)6-5-7/h7H,2-6H2,1H3. The molecule has 2 rings (SSSR count). The van der Waals surface area contributed by atoms with Crippen LogP contribution in [0.5, 0.6) is 0 Å². The first-order chi connectivity index (χ1) is 4.42. The Balaban J connectivity index is 2.25. The fourth-order valence-corrected chi connectivity index (χ4v) is 2.46. The zero-order valence-electron chi connectivity index (χ0n) is 6.11. The molecule has 0 heterocycles. The molecular weight excluding hydrogens is 108 g/mol. The van der Waals surface area contributed by atoms with Crippen molar-refractivity contribution >= 4 is 0 Å². The summed E-state index contributed by atoms with van der Waals surface area (Å²) in [6.07, 6.45) is 7.18. The molecule has 0 heteroatoms. The van der Waals surface area contributed by atoms with E-state index in [0.717, 1.165) is 5.92 Å². The largest absolute Gasteiger partial charge is 0.0707 e. The summed E-state index contributed by atoms with van der Waals surface area (Å²) in [7, 11) is 0. The van der Waals surface area contributed by atoms with Gasteiger partial charge in [0, 0.05) is 0 Å². The first kappa shape index (κ1) is 5.52. The summed E-state index contributed by atoms with van der Waals surface area (Å²) in [5, 5.41) is 0. The lowest BCUT2D eigenvalue weighted by Crippen LogP contribution is -1.94. The van der Waals surface area contributed by atoms with Crippen molar-refractivity contribution in [3.8, 4) is 0 Å². The Labute approximate surface area is 57.0 Å². The van der Waals surface area contributed by atoms with E-state index < -0.39 is 0 Å². The number of allylic oxidation sites excluding steroid dienone is 2. The molecule has 0 unspecified atom stereocenters. The van der Waals surface area contributed by atoms with Crippen LogP contribution >= 0.6 is 0 Å². The van der Waals surface area contributed by atoms with Crippen molar-refractivity contribution in [2.75, 3.05) is 0 Å². The molecule has 2 aliphatic rings. The highest BCUT2D eigenvalue weighted by molar-refractivity contribution is 5.27. The van der Waals surface area contributed by atoms with Gasteiger partial charge in [0.15, 0.2) is 0 Å². The summed E-state index contributed by atoms with van der Waals surface area (Å²) in [5.74, 6) is 1.03. The second kappa shape index (κ2) is 1.86. The fourth-order valence-electron chi connectivity index (χ4n) is 2.46. The van der Waals surface area contributed by atoms with Gasteiger partial charge in [-0.2, -0.15) is 0 Å². The second-order valence-electron chi connectivity index (χ2n) is 3.26. The van der Waals surface area contributed by atoms with E-state index in [1.165, 1.54) is 32.1 Å². The third-order valence-electron chi connectivity index (χ3n) is 2.92. The Bertz CT molecular complexity index is 143. The maximum atomic E-state index is 2.30. The third-order valence-corrected chi connectivity index (χ3v) is 2.92. The van der Waals surface area contributed by atoms with E-state index in [9.17, 15) is 0 Å². The third kappa shape index (κ3) is 0.654. The van der Waals surface area contributed by atoms with Gasteiger partial charge in [-0.1, -0.05) is 18.1 Å². The molecular formula is C9H14. The van der Waals surface area contributed by atoms with Crippen molar-refractivity contribution in [2.45, 2.75) is 39.0 Å². The Morgan fingerprint density at radius 1 is 1.33 bits per heavy atom. The van der Waals surface area contributed by atoms with Crippen LogP contribution in [-0.2, 0) is 0 Å². The number of rotatable bonds is 1. The lowest BCUT2D eigenvalue weighted by atomic mass is 9.97. The Morgan fingerprint density at radius 2 is 2.00 bits per heavy atom. The lowest BCUT2D eigenvalue weighted by molar-refractivity contribution is 0.531. The van der Waals surface area contributed by atoms with E-state index in [-0.39, 0.29) is 0 Å². The summed E-state index contributed by atoms with van der Waals surface area (Å²) in [6.45, 7) is 2.30. The average molecular weight is 122 g/mol. The molecule has 0 aromatic heterocycles. The highest BCUT2D eigenvalue weighted by atomic mass is 14.3. The topological polar surface area (TPSA) is 0 Å². The lowest BCUT2D eigenvalue weighted by Gasteiger charge is -2.08. The van der Waals surface area contributed by atoms with Gasteiger partial charge in [0.25, 0.3) is 0 Å². The monoisotopic (exact) mass is 122 g/mol. The zero-order valence-corrected chi connectivity index (χ0v) is 6.11. The van der Waals surface area contributed by atoms with E-state index in [1.807, 2.05) is 11.1 Å². The van der Waals surface area contributed by atoms with Gasteiger partial charge < -0.3 is 0 Å². The van der Waals surface area contributed by atoms with Crippen molar-refractivity contribution in [1.82, 2.24) is 0 Å². The second-order valence-corrected chi connectivity index (χ2v) is 3.26. The van der Waals surface area contributed by atoms with Crippen LogP contribution in [0.3, 0.4) is 0 Å². The Hall–Kier alpha value is -0.260. The SMILES string of the molecule is CCC1=C2CCC1CC2. The van der Waals surface area contributed by atoms with Crippen LogP contribution in [0, 0.1) is 5.92 Å². The van der Waals surface area contributed by atoms with E-state index in [0.29, 0.717) is 0 Å². The van der Waals surface area contributed by atoms with Gasteiger partial charge in [-0.15, -0.1) is 0 Å². The summed E-state index contributed by atoms with van der Waals surface area (Å²) in [4.78, 5) is 0. The molecule has 0 radical (unpaired) electrons. The Kier molecular flexibility index (Phi) is 1.14. The van der Waals surface area contributed by atoms with E-state index in [4.69, 9.17) is 0 Å².